The Morgan fingerprint density at radius 1 is 0.900 bits per heavy atom. The fraction of sp³-hybridized carbons (Fsp3) is 0.0625. The molecule has 0 bridgehead atoms. The zero-order valence-electron chi connectivity index (χ0n) is 10.7. The van der Waals surface area contributed by atoms with E-state index in [2.05, 4.69) is 4.98 Å². The quantitative estimate of drug-likeness (QED) is 0.641. The van der Waals surface area contributed by atoms with E-state index in [0.29, 0.717) is 0 Å². The number of hydrogen-bond acceptors (Lipinski definition) is 2. The molecule has 0 atom stereocenters. The van der Waals surface area contributed by atoms with E-state index in [9.17, 15) is 8.78 Å². The topological polar surface area (TPSA) is 12.9 Å². The molecule has 1 nitrogen and oxygen atoms in total. The van der Waals surface area contributed by atoms with E-state index in [1.165, 1.54) is 35.6 Å². The largest absolute Gasteiger partial charge is 0.241 e. The normalized spacial score (nSPS) is 10.8. The third-order valence-electron chi connectivity index (χ3n) is 2.97. The minimum atomic E-state index is -0.279. The summed E-state index contributed by atoms with van der Waals surface area (Å²) in [6, 6.07) is 12.7. The highest BCUT2D eigenvalue weighted by Crippen LogP contribution is 2.35. The van der Waals surface area contributed by atoms with Crippen LogP contribution in [0.3, 0.4) is 0 Å². The maximum absolute atomic E-state index is 13.3. The standard InChI is InChI=1S/C16H11F2NS/c1-10-15(11-5-7-13(17)8-6-11)20-16(19-10)12-3-2-4-14(18)9-12/h2-9H,1H3. The number of aromatic nitrogens is 1. The second-order valence-electron chi connectivity index (χ2n) is 4.45. The Kier molecular flexibility index (Phi) is 3.32. The molecule has 3 aromatic rings. The molecular weight excluding hydrogens is 276 g/mol. The Hall–Kier alpha value is -2.07. The molecule has 4 heteroatoms. The minimum absolute atomic E-state index is 0.263. The van der Waals surface area contributed by atoms with Crippen molar-refractivity contribution in [2.24, 2.45) is 0 Å². The second kappa shape index (κ2) is 5.13. The highest BCUT2D eigenvalue weighted by molar-refractivity contribution is 7.18. The fourth-order valence-electron chi connectivity index (χ4n) is 2.01. The highest BCUT2D eigenvalue weighted by Gasteiger charge is 2.11. The van der Waals surface area contributed by atoms with Gasteiger partial charge in [-0.05, 0) is 36.8 Å². The SMILES string of the molecule is Cc1nc(-c2cccc(F)c2)sc1-c1ccc(F)cc1. The van der Waals surface area contributed by atoms with Crippen LogP contribution in [0.25, 0.3) is 21.0 Å². The number of rotatable bonds is 2. The molecule has 20 heavy (non-hydrogen) atoms. The smallest absolute Gasteiger partial charge is 0.124 e. The van der Waals surface area contributed by atoms with Gasteiger partial charge in [-0.2, -0.15) is 0 Å². The van der Waals surface area contributed by atoms with Gasteiger partial charge in [-0.15, -0.1) is 11.3 Å². The van der Waals surface area contributed by atoms with Crippen LogP contribution < -0.4 is 0 Å². The van der Waals surface area contributed by atoms with Crippen molar-refractivity contribution in [1.29, 1.82) is 0 Å². The van der Waals surface area contributed by atoms with Crippen molar-refractivity contribution >= 4 is 11.3 Å². The van der Waals surface area contributed by atoms with Crippen LogP contribution in [-0.2, 0) is 0 Å². The maximum Gasteiger partial charge on any atom is 0.124 e. The van der Waals surface area contributed by atoms with Gasteiger partial charge >= 0.3 is 0 Å². The summed E-state index contributed by atoms with van der Waals surface area (Å²) >= 11 is 1.48. The third-order valence-corrected chi connectivity index (χ3v) is 4.23. The summed E-state index contributed by atoms with van der Waals surface area (Å²) < 4.78 is 26.2. The lowest BCUT2D eigenvalue weighted by Crippen LogP contribution is -1.80. The zero-order chi connectivity index (χ0) is 14.1. The van der Waals surface area contributed by atoms with Gasteiger partial charge in [-0.1, -0.05) is 24.3 Å². The van der Waals surface area contributed by atoms with Crippen molar-refractivity contribution in [3.8, 4) is 21.0 Å². The first-order valence-electron chi connectivity index (χ1n) is 6.13. The Labute approximate surface area is 119 Å². The molecule has 1 heterocycles. The van der Waals surface area contributed by atoms with Gasteiger partial charge < -0.3 is 0 Å². The molecule has 0 aliphatic rings. The molecule has 0 amide bonds. The summed E-state index contributed by atoms with van der Waals surface area (Å²) in [6.45, 7) is 1.90. The van der Waals surface area contributed by atoms with Crippen LogP contribution in [0.1, 0.15) is 5.69 Å². The Balaban J connectivity index is 2.05. The minimum Gasteiger partial charge on any atom is -0.241 e. The summed E-state index contributed by atoms with van der Waals surface area (Å²) in [5.74, 6) is -0.542. The third kappa shape index (κ3) is 2.47. The van der Waals surface area contributed by atoms with Gasteiger partial charge in [0.25, 0.3) is 0 Å². The number of nitrogens with zero attached hydrogens (tertiary/aromatic N) is 1. The van der Waals surface area contributed by atoms with Crippen molar-refractivity contribution in [2.75, 3.05) is 0 Å². The van der Waals surface area contributed by atoms with Crippen LogP contribution in [0.2, 0.25) is 0 Å². The Bertz CT molecular complexity index is 747. The lowest BCUT2D eigenvalue weighted by atomic mass is 10.1. The summed E-state index contributed by atoms with van der Waals surface area (Å²) in [5, 5.41) is 0.765. The summed E-state index contributed by atoms with van der Waals surface area (Å²) in [4.78, 5) is 5.46. The number of hydrogen-bond donors (Lipinski definition) is 0. The first-order valence-corrected chi connectivity index (χ1v) is 6.94. The van der Waals surface area contributed by atoms with Crippen molar-refractivity contribution < 1.29 is 8.78 Å². The molecule has 0 fully saturated rings. The molecule has 2 aromatic carbocycles. The summed E-state index contributed by atoms with van der Waals surface area (Å²) in [6.07, 6.45) is 0. The first-order chi connectivity index (χ1) is 9.63. The predicted molar refractivity (Wildman–Crippen MR) is 77.6 cm³/mol. The Morgan fingerprint density at radius 3 is 2.35 bits per heavy atom. The predicted octanol–water partition coefficient (Wildman–Crippen LogP) is 5.06. The van der Waals surface area contributed by atoms with E-state index >= 15 is 0 Å². The van der Waals surface area contributed by atoms with E-state index in [0.717, 1.165) is 26.7 Å². The summed E-state index contributed by atoms with van der Waals surface area (Å²) in [5.41, 5.74) is 2.54. The highest BCUT2D eigenvalue weighted by atomic mass is 32.1. The van der Waals surface area contributed by atoms with Crippen LogP contribution in [0, 0.1) is 18.6 Å². The van der Waals surface area contributed by atoms with Crippen LogP contribution in [0.5, 0.6) is 0 Å². The van der Waals surface area contributed by atoms with Crippen LogP contribution in [-0.4, -0.2) is 4.98 Å². The van der Waals surface area contributed by atoms with E-state index in [1.54, 1.807) is 18.2 Å². The Morgan fingerprint density at radius 2 is 1.65 bits per heavy atom. The number of benzene rings is 2. The molecule has 0 N–H and O–H groups in total. The van der Waals surface area contributed by atoms with Crippen molar-refractivity contribution in [3.05, 3.63) is 65.9 Å². The van der Waals surface area contributed by atoms with Gasteiger partial charge in [-0.3, -0.25) is 0 Å². The summed E-state index contributed by atoms with van der Waals surface area (Å²) in [7, 11) is 0. The maximum atomic E-state index is 13.3. The first kappa shape index (κ1) is 12.9. The van der Waals surface area contributed by atoms with Gasteiger partial charge in [0.05, 0.1) is 10.6 Å². The molecular formula is C16H11F2NS. The van der Waals surface area contributed by atoms with E-state index in [1.807, 2.05) is 13.0 Å². The number of halogens is 2. The molecule has 0 spiro atoms. The molecule has 1 aromatic heterocycles. The van der Waals surface area contributed by atoms with Gasteiger partial charge in [0.2, 0.25) is 0 Å². The van der Waals surface area contributed by atoms with E-state index in [4.69, 9.17) is 0 Å². The van der Waals surface area contributed by atoms with E-state index in [-0.39, 0.29) is 11.6 Å². The number of thiazole rings is 1. The molecule has 0 saturated carbocycles. The van der Waals surface area contributed by atoms with Gasteiger partial charge in [0.1, 0.15) is 16.6 Å². The average Bonchev–Trinajstić information content (AvgIpc) is 2.82. The molecule has 0 saturated heterocycles. The van der Waals surface area contributed by atoms with Crippen molar-refractivity contribution in [2.45, 2.75) is 6.92 Å². The molecule has 0 aliphatic heterocycles. The number of aryl methyl sites for hydroxylation is 1. The van der Waals surface area contributed by atoms with Crippen LogP contribution in [0.15, 0.2) is 48.5 Å². The van der Waals surface area contributed by atoms with Crippen LogP contribution in [0.4, 0.5) is 8.78 Å². The molecule has 0 aliphatic carbocycles. The van der Waals surface area contributed by atoms with Crippen molar-refractivity contribution in [1.82, 2.24) is 4.98 Å². The lowest BCUT2D eigenvalue weighted by molar-refractivity contribution is 0.628. The van der Waals surface area contributed by atoms with Crippen LogP contribution >= 0.6 is 11.3 Å². The molecule has 0 radical (unpaired) electrons. The van der Waals surface area contributed by atoms with Gasteiger partial charge in [0, 0.05) is 5.56 Å². The average molecular weight is 287 g/mol. The van der Waals surface area contributed by atoms with E-state index < -0.39 is 0 Å². The second-order valence-corrected chi connectivity index (χ2v) is 5.45. The van der Waals surface area contributed by atoms with Gasteiger partial charge in [-0.25, -0.2) is 13.8 Å². The lowest BCUT2D eigenvalue weighted by Gasteiger charge is -1.97. The zero-order valence-corrected chi connectivity index (χ0v) is 11.5. The molecule has 0 unspecified atom stereocenters. The fourth-order valence-corrected chi connectivity index (χ4v) is 3.08. The molecule has 100 valence electrons. The monoisotopic (exact) mass is 287 g/mol. The molecule has 3 rings (SSSR count). The van der Waals surface area contributed by atoms with Gasteiger partial charge in [0.15, 0.2) is 0 Å². The van der Waals surface area contributed by atoms with Crippen molar-refractivity contribution in [3.63, 3.8) is 0 Å².